The zero-order chi connectivity index (χ0) is 28.2. The fourth-order valence-corrected chi connectivity index (χ4v) is 4.81. The van der Waals surface area contributed by atoms with Gasteiger partial charge in [0.25, 0.3) is 5.56 Å². The van der Waals surface area contributed by atoms with E-state index in [1.807, 2.05) is 0 Å². The summed E-state index contributed by atoms with van der Waals surface area (Å²) >= 11 is 12.5. The molecule has 0 atom stereocenters. The lowest BCUT2D eigenvalue weighted by atomic mass is 10.1. The molecule has 2 aromatic carbocycles. The largest absolute Gasteiger partial charge is 0.465 e. The fourth-order valence-electron chi connectivity index (χ4n) is 3.67. The molecule has 0 aliphatic rings. The number of methoxy groups -OCH3 is 1. The third-order valence-corrected chi connectivity index (χ3v) is 8.39. The van der Waals surface area contributed by atoms with Crippen LogP contribution in [0.4, 0.5) is 0 Å². The Labute approximate surface area is 236 Å². The van der Waals surface area contributed by atoms with Crippen molar-refractivity contribution >= 4 is 48.3 Å². The number of nitrogens with zero attached hydrogens (tertiary/aromatic N) is 5. The molecule has 4 rings (SSSR count). The molecule has 0 radical (unpaired) electrons. The number of aromatic nitrogens is 5. The van der Waals surface area contributed by atoms with Crippen LogP contribution in [0.1, 0.15) is 27.2 Å². The molecule has 2 aromatic heterocycles. The molecule has 0 unspecified atom stereocenters. The average Bonchev–Trinajstić information content (AvgIpc) is 3.26. The van der Waals surface area contributed by atoms with Gasteiger partial charge in [-0.25, -0.2) is 14.2 Å². The van der Waals surface area contributed by atoms with Crippen LogP contribution in [0.5, 0.6) is 0 Å². The molecule has 202 valence electrons. The van der Waals surface area contributed by atoms with Crippen LogP contribution in [-0.2, 0) is 22.7 Å². The molecular formula is C27H27Cl2N5O4Si. The van der Waals surface area contributed by atoms with Crippen molar-refractivity contribution in [3.63, 3.8) is 0 Å². The number of fused-ring (bicyclic) bond motifs is 1. The number of benzene rings is 2. The molecule has 9 nitrogen and oxygen atoms in total. The highest BCUT2D eigenvalue weighted by Crippen LogP contribution is 2.26. The van der Waals surface area contributed by atoms with Crippen molar-refractivity contribution in [3.05, 3.63) is 85.2 Å². The summed E-state index contributed by atoms with van der Waals surface area (Å²) in [5.41, 5.74) is 1.62. The molecule has 2 heterocycles. The maximum Gasteiger partial charge on any atom is 0.339 e. The van der Waals surface area contributed by atoms with Crippen LogP contribution in [-0.4, -0.2) is 52.5 Å². The number of esters is 1. The zero-order valence-corrected chi connectivity index (χ0v) is 24.5. The summed E-state index contributed by atoms with van der Waals surface area (Å²) in [5.74, 6) is 5.39. The highest BCUT2D eigenvalue weighted by molar-refractivity contribution is 6.76. The Hall–Kier alpha value is -3.49. The third kappa shape index (κ3) is 6.75. The topological polar surface area (TPSA) is 101 Å². The lowest BCUT2D eigenvalue weighted by Gasteiger charge is -2.15. The van der Waals surface area contributed by atoms with E-state index in [4.69, 9.17) is 32.7 Å². The van der Waals surface area contributed by atoms with Crippen LogP contribution >= 0.6 is 23.2 Å². The second-order valence-corrected chi connectivity index (χ2v) is 16.4. The first-order valence-electron chi connectivity index (χ1n) is 12.1. The van der Waals surface area contributed by atoms with Gasteiger partial charge in [0.15, 0.2) is 16.7 Å². The molecular weight excluding hydrogens is 557 g/mol. The van der Waals surface area contributed by atoms with Gasteiger partial charge in [0.2, 0.25) is 0 Å². The first-order valence-corrected chi connectivity index (χ1v) is 16.6. The van der Waals surface area contributed by atoms with Crippen molar-refractivity contribution in [1.82, 2.24) is 24.8 Å². The van der Waals surface area contributed by atoms with E-state index >= 15 is 0 Å². The summed E-state index contributed by atoms with van der Waals surface area (Å²) in [4.78, 5) is 25.7. The maximum atomic E-state index is 13.6. The molecule has 39 heavy (non-hydrogen) atoms. The zero-order valence-electron chi connectivity index (χ0n) is 22.0. The third-order valence-electron chi connectivity index (χ3n) is 5.83. The van der Waals surface area contributed by atoms with Gasteiger partial charge >= 0.3 is 5.97 Å². The Morgan fingerprint density at radius 1 is 1.05 bits per heavy atom. The molecule has 0 saturated heterocycles. The number of hydrogen-bond donors (Lipinski definition) is 0. The van der Waals surface area contributed by atoms with Gasteiger partial charge in [0, 0.05) is 20.2 Å². The van der Waals surface area contributed by atoms with Crippen LogP contribution in [0.3, 0.4) is 0 Å². The molecule has 0 amide bonds. The van der Waals surface area contributed by atoms with E-state index in [0.29, 0.717) is 33.3 Å². The maximum absolute atomic E-state index is 13.6. The van der Waals surface area contributed by atoms with E-state index in [1.54, 1.807) is 42.5 Å². The number of halogens is 2. The number of carbonyl (C=O) groups is 1. The summed E-state index contributed by atoms with van der Waals surface area (Å²) in [6.07, 6.45) is 0. The monoisotopic (exact) mass is 583 g/mol. The second-order valence-electron chi connectivity index (χ2n) is 9.95. The Balaban J connectivity index is 1.76. The Morgan fingerprint density at radius 2 is 1.82 bits per heavy atom. The molecule has 0 bridgehead atoms. The van der Waals surface area contributed by atoms with Gasteiger partial charge in [-0.15, -0.1) is 5.10 Å². The smallest absolute Gasteiger partial charge is 0.339 e. The molecule has 0 aliphatic heterocycles. The van der Waals surface area contributed by atoms with Gasteiger partial charge in [0.05, 0.1) is 29.3 Å². The van der Waals surface area contributed by atoms with Gasteiger partial charge in [-0.3, -0.25) is 4.79 Å². The summed E-state index contributed by atoms with van der Waals surface area (Å²) in [6, 6.07) is 12.9. The van der Waals surface area contributed by atoms with E-state index in [1.165, 1.54) is 16.5 Å². The number of rotatable bonds is 8. The molecule has 0 fully saturated rings. The van der Waals surface area contributed by atoms with E-state index in [0.717, 1.165) is 6.04 Å². The minimum absolute atomic E-state index is 0.0419. The Bertz CT molecular complexity index is 1650. The first-order chi connectivity index (χ1) is 18.6. The molecule has 0 N–H and O–H groups in total. The highest BCUT2D eigenvalue weighted by Gasteiger charge is 2.19. The van der Waals surface area contributed by atoms with Crippen LogP contribution in [0.2, 0.25) is 35.7 Å². The minimum Gasteiger partial charge on any atom is -0.465 e. The van der Waals surface area contributed by atoms with Gasteiger partial charge < -0.3 is 9.47 Å². The lowest BCUT2D eigenvalue weighted by Crippen LogP contribution is -2.27. The van der Waals surface area contributed by atoms with Crippen molar-refractivity contribution in [3.8, 4) is 11.8 Å². The predicted octanol–water partition coefficient (Wildman–Crippen LogP) is 4.84. The van der Waals surface area contributed by atoms with Crippen LogP contribution < -0.4 is 5.56 Å². The normalized spacial score (nSPS) is 11.3. The average molecular weight is 585 g/mol. The lowest BCUT2D eigenvalue weighted by molar-refractivity contribution is 0.0600. The Kier molecular flexibility index (Phi) is 8.87. The fraction of sp³-hybridized carbons (Fsp3) is 0.296. The molecule has 4 aromatic rings. The first kappa shape index (κ1) is 28.5. The molecule has 0 aliphatic carbocycles. The van der Waals surface area contributed by atoms with E-state index < -0.39 is 19.6 Å². The SMILES string of the molecule is COC(=O)c1ccccc1C#Cc1nn(COCC[Si](C)(C)C)c2c(=O)n(Cc3cccc(Cl)c3Cl)nnc12. The van der Waals surface area contributed by atoms with Crippen LogP contribution in [0, 0.1) is 11.8 Å². The van der Waals surface area contributed by atoms with Crippen molar-refractivity contribution in [2.24, 2.45) is 0 Å². The van der Waals surface area contributed by atoms with Crippen molar-refractivity contribution in [2.75, 3.05) is 13.7 Å². The predicted molar refractivity (Wildman–Crippen MR) is 153 cm³/mol. The number of carbonyl (C=O) groups excluding carboxylic acids is 1. The van der Waals surface area contributed by atoms with Crippen molar-refractivity contribution in [1.29, 1.82) is 0 Å². The van der Waals surface area contributed by atoms with E-state index in [2.05, 4.69) is 46.9 Å². The standard InChI is InChI=1S/C27H27Cl2N5O4Si/c1-37-27(36)20-10-6-5-8-18(20)12-13-22-24-25(34(31-22)17-38-14-15-39(2,3)4)26(35)33(32-30-24)16-19-9-7-11-21(28)23(19)29/h5-11H,14-17H2,1-4H3. The number of ether oxygens (including phenoxy) is 2. The van der Waals surface area contributed by atoms with E-state index in [-0.39, 0.29) is 30.0 Å². The highest BCUT2D eigenvalue weighted by atomic mass is 35.5. The summed E-state index contributed by atoms with van der Waals surface area (Å²) in [7, 11) is -0.00484. The number of hydrogen-bond acceptors (Lipinski definition) is 7. The van der Waals surface area contributed by atoms with Crippen molar-refractivity contribution < 1.29 is 14.3 Å². The van der Waals surface area contributed by atoms with Gasteiger partial charge in [0.1, 0.15) is 6.73 Å². The molecule has 0 spiro atoms. The van der Waals surface area contributed by atoms with Gasteiger partial charge in [-0.1, -0.05) is 78.2 Å². The Morgan fingerprint density at radius 3 is 2.56 bits per heavy atom. The van der Waals surface area contributed by atoms with Crippen LogP contribution in [0.25, 0.3) is 11.0 Å². The quantitative estimate of drug-likeness (QED) is 0.126. The summed E-state index contributed by atoms with van der Waals surface area (Å²) in [5, 5.41) is 13.6. The summed E-state index contributed by atoms with van der Waals surface area (Å²) in [6.45, 7) is 7.42. The van der Waals surface area contributed by atoms with Crippen molar-refractivity contribution in [2.45, 2.75) is 39.0 Å². The van der Waals surface area contributed by atoms with Gasteiger partial charge in [-0.05, 0) is 35.7 Å². The molecule has 0 saturated carbocycles. The minimum atomic E-state index is -1.31. The summed E-state index contributed by atoms with van der Waals surface area (Å²) < 4.78 is 13.4. The second kappa shape index (κ2) is 12.1. The molecule has 12 heteroatoms. The van der Waals surface area contributed by atoms with Crippen LogP contribution in [0.15, 0.2) is 47.3 Å². The van der Waals surface area contributed by atoms with E-state index in [9.17, 15) is 9.59 Å². The van der Waals surface area contributed by atoms with Gasteiger partial charge in [-0.2, -0.15) is 5.10 Å².